The van der Waals surface area contributed by atoms with E-state index in [4.69, 9.17) is 0 Å². The second-order valence-corrected chi connectivity index (χ2v) is 5.54. The zero-order valence-corrected chi connectivity index (χ0v) is 14.6. The molecule has 0 amide bonds. The van der Waals surface area contributed by atoms with Crippen molar-refractivity contribution in [3.8, 4) is 0 Å². The Morgan fingerprint density at radius 1 is 1.26 bits per heavy atom. The van der Waals surface area contributed by atoms with Crippen LogP contribution >= 0.6 is 0 Å². The molecule has 2 rings (SSSR count). The Hall–Kier alpha value is -0.346. The van der Waals surface area contributed by atoms with Gasteiger partial charge in [0, 0.05) is 43.8 Å². The normalized spacial score (nSPS) is 21.2. The van der Waals surface area contributed by atoms with E-state index in [9.17, 15) is 5.21 Å². The van der Waals surface area contributed by atoms with Gasteiger partial charge in [-0.15, -0.1) is 15.8 Å². The number of para-hydroxylation sites is 1. The molecule has 1 aromatic rings. The molecule has 0 bridgehead atoms. The van der Waals surface area contributed by atoms with Crippen LogP contribution in [0.15, 0.2) is 40.9 Å². The van der Waals surface area contributed by atoms with Gasteiger partial charge in [-0.1, -0.05) is 20.1 Å². The molecule has 0 aliphatic carbocycles. The van der Waals surface area contributed by atoms with Gasteiger partial charge >= 0.3 is 0 Å². The van der Waals surface area contributed by atoms with Gasteiger partial charge in [0.1, 0.15) is 0 Å². The fourth-order valence-corrected chi connectivity index (χ4v) is 2.16. The minimum atomic E-state index is -0.595. The molecule has 0 fully saturated rings. The SMILES string of the molecule is CC1(C)C=C([C-]=Nc2[c-]cccc2)C(C)(C)N1[O].[Y]. The summed E-state index contributed by atoms with van der Waals surface area (Å²) in [6.07, 6.45) is 4.91. The molecule has 4 heteroatoms. The zero-order chi connectivity index (χ0) is 13.4. The average Bonchev–Trinajstić information content (AvgIpc) is 2.48. The molecule has 1 aliphatic rings. The Bertz CT molecular complexity index is 492. The minimum Gasteiger partial charge on any atom is -0.411 e. The van der Waals surface area contributed by atoms with Crippen molar-refractivity contribution >= 4 is 11.9 Å². The van der Waals surface area contributed by atoms with Crippen LogP contribution in [0.5, 0.6) is 0 Å². The first-order valence-electron chi connectivity index (χ1n) is 5.98. The maximum absolute atomic E-state index is 12.1. The van der Waals surface area contributed by atoms with Gasteiger partial charge in [0.25, 0.3) is 0 Å². The van der Waals surface area contributed by atoms with E-state index in [1.165, 1.54) is 0 Å². The number of nitrogens with zero attached hydrogens (tertiary/aromatic N) is 2. The van der Waals surface area contributed by atoms with Crippen molar-refractivity contribution in [1.29, 1.82) is 0 Å². The third-order valence-electron chi connectivity index (χ3n) is 3.18. The first-order chi connectivity index (χ1) is 8.34. The van der Waals surface area contributed by atoms with Crippen molar-refractivity contribution in [3.63, 3.8) is 0 Å². The molecule has 0 saturated carbocycles. The van der Waals surface area contributed by atoms with Crippen molar-refractivity contribution in [2.75, 3.05) is 0 Å². The molecule has 1 aromatic carbocycles. The maximum atomic E-state index is 12.1. The van der Waals surface area contributed by atoms with Gasteiger partial charge in [0.15, 0.2) is 0 Å². The van der Waals surface area contributed by atoms with Crippen LogP contribution in [0.1, 0.15) is 27.7 Å². The van der Waals surface area contributed by atoms with Crippen molar-refractivity contribution in [2.45, 2.75) is 38.8 Å². The fourth-order valence-electron chi connectivity index (χ4n) is 2.16. The molecule has 2 radical (unpaired) electrons. The quantitative estimate of drug-likeness (QED) is 0.606. The van der Waals surface area contributed by atoms with Crippen LogP contribution in [0.2, 0.25) is 0 Å². The number of rotatable bonds is 2. The summed E-state index contributed by atoms with van der Waals surface area (Å²) in [5.41, 5.74) is 0.430. The van der Waals surface area contributed by atoms with E-state index < -0.39 is 11.1 Å². The molecule has 3 nitrogen and oxygen atoms in total. The molecule has 0 N–H and O–H groups in total. The van der Waals surface area contributed by atoms with Gasteiger partial charge < -0.3 is 4.99 Å². The van der Waals surface area contributed by atoms with Crippen LogP contribution in [0.4, 0.5) is 5.69 Å². The van der Waals surface area contributed by atoms with Gasteiger partial charge in [0.2, 0.25) is 0 Å². The molecular weight excluding hydrogens is 313 g/mol. The smallest absolute Gasteiger partial charge is 0.0473 e. The van der Waals surface area contributed by atoms with Gasteiger partial charge in [-0.2, -0.15) is 30.0 Å². The van der Waals surface area contributed by atoms with Gasteiger partial charge in [-0.05, 0) is 13.8 Å². The fraction of sp³-hybridized carbons (Fsp3) is 0.400. The van der Waals surface area contributed by atoms with E-state index in [2.05, 4.69) is 17.3 Å². The maximum Gasteiger partial charge on any atom is 0.0473 e. The third-order valence-corrected chi connectivity index (χ3v) is 3.18. The summed E-state index contributed by atoms with van der Waals surface area (Å²) in [5, 5.41) is 13.2. The molecule has 0 aromatic heterocycles. The number of aliphatic imine (C=N–C) groups is 1. The molecule has 19 heavy (non-hydrogen) atoms. The van der Waals surface area contributed by atoms with Crippen molar-refractivity contribution in [2.24, 2.45) is 4.99 Å². The summed E-state index contributed by atoms with van der Waals surface area (Å²) < 4.78 is 0. The zero-order valence-electron chi connectivity index (χ0n) is 11.8. The van der Waals surface area contributed by atoms with Crippen LogP contribution in [0, 0.1) is 6.07 Å². The Labute approximate surface area is 140 Å². The first-order valence-corrected chi connectivity index (χ1v) is 5.98. The second kappa shape index (κ2) is 5.96. The van der Waals surface area contributed by atoms with E-state index >= 15 is 0 Å². The average molecular weight is 330 g/mol. The number of hydrogen-bond acceptors (Lipinski definition) is 2. The van der Waals surface area contributed by atoms with Crippen LogP contribution in [-0.2, 0) is 37.9 Å². The molecule has 0 atom stereocenters. The molecular formula is C15H17N2OY-2. The summed E-state index contributed by atoms with van der Waals surface area (Å²) >= 11 is 0. The summed E-state index contributed by atoms with van der Waals surface area (Å²) in [4.78, 5) is 4.24. The Morgan fingerprint density at radius 2 is 1.95 bits per heavy atom. The molecule has 1 heterocycles. The predicted molar refractivity (Wildman–Crippen MR) is 71.1 cm³/mol. The second-order valence-electron chi connectivity index (χ2n) is 5.54. The number of benzene rings is 1. The van der Waals surface area contributed by atoms with Crippen LogP contribution < -0.4 is 0 Å². The first kappa shape index (κ1) is 16.7. The topological polar surface area (TPSA) is 35.5 Å². The van der Waals surface area contributed by atoms with Gasteiger partial charge in [-0.25, -0.2) is 12.1 Å². The molecule has 0 saturated heterocycles. The summed E-state index contributed by atoms with van der Waals surface area (Å²) in [6, 6.07) is 10.5. The summed E-state index contributed by atoms with van der Waals surface area (Å²) in [6.45, 7) is 7.56. The molecule has 98 valence electrons. The largest absolute Gasteiger partial charge is 0.411 e. The van der Waals surface area contributed by atoms with Crippen molar-refractivity contribution in [3.05, 3.63) is 42.0 Å². The van der Waals surface area contributed by atoms with Crippen LogP contribution in [-0.4, -0.2) is 22.4 Å². The van der Waals surface area contributed by atoms with E-state index in [0.717, 1.165) is 16.3 Å². The van der Waals surface area contributed by atoms with E-state index in [1.807, 2.05) is 52.0 Å². The number of hydroxylamine groups is 2. The number of hydrogen-bond donors (Lipinski definition) is 0. The summed E-state index contributed by atoms with van der Waals surface area (Å²) in [5.74, 6) is 0. The Kier molecular flexibility index (Phi) is 5.24. The molecule has 1 aliphatic heterocycles. The van der Waals surface area contributed by atoms with E-state index in [1.54, 1.807) is 6.07 Å². The standard InChI is InChI=1S/C15H17N2O.Y/c1-14(2)10-12(15(3,4)17(14)18)11-16-13-8-6-5-7-9-13;/h5-8,10H,1-4H3;/q-2;. The Morgan fingerprint density at radius 3 is 2.42 bits per heavy atom. The van der Waals surface area contributed by atoms with Crippen molar-refractivity contribution < 1.29 is 37.9 Å². The van der Waals surface area contributed by atoms with Gasteiger partial charge in [-0.3, -0.25) is 0 Å². The third kappa shape index (κ3) is 3.40. The summed E-state index contributed by atoms with van der Waals surface area (Å²) in [7, 11) is 0. The predicted octanol–water partition coefficient (Wildman–Crippen LogP) is 3.21. The van der Waals surface area contributed by atoms with Crippen molar-refractivity contribution in [1.82, 2.24) is 5.06 Å². The van der Waals surface area contributed by atoms with E-state index in [0.29, 0.717) is 0 Å². The van der Waals surface area contributed by atoms with E-state index in [-0.39, 0.29) is 32.7 Å². The molecule has 0 spiro atoms. The van der Waals surface area contributed by atoms with Crippen LogP contribution in [0.25, 0.3) is 0 Å². The van der Waals surface area contributed by atoms with Crippen LogP contribution in [0.3, 0.4) is 0 Å². The monoisotopic (exact) mass is 330 g/mol. The Balaban J connectivity index is 0.00000180. The molecule has 0 unspecified atom stereocenters. The minimum absolute atomic E-state index is 0. The van der Waals surface area contributed by atoms with Gasteiger partial charge in [0.05, 0.1) is 0 Å².